The average molecular weight is 259 g/mol. The molecule has 1 aromatic heterocycles. The first-order valence-electron chi connectivity index (χ1n) is 5.15. The molecule has 0 aliphatic rings. The van der Waals surface area contributed by atoms with Crippen molar-refractivity contribution in [2.45, 2.75) is 32.9 Å². The molecule has 0 fully saturated rings. The van der Waals surface area contributed by atoms with Crippen molar-refractivity contribution in [2.24, 2.45) is 0 Å². The number of hydrogen-bond donors (Lipinski definition) is 0. The fourth-order valence-electron chi connectivity index (χ4n) is 1.18. The van der Waals surface area contributed by atoms with Gasteiger partial charge < -0.3 is 4.74 Å². The quantitative estimate of drug-likeness (QED) is 0.468. The molecule has 17 heavy (non-hydrogen) atoms. The zero-order valence-electron chi connectivity index (χ0n) is 10.1. The Morgan fingerprint density at radius 1 is 1.47 bits per heavy atom. The Labute approximate surface area is 105 Å². The molecule has 0 atom stereocenters. The van der Waals surface area contributed by atoms with Crippen molar-refractivity contribution in [3.63, 3.8) is 0 Å². The lowest BCUT2D eigenvalue weighted by Gasteiger charge is -2.19. The van der Waals surface area contributed by atoms with Crippen LogP contribution < -0.4 is 0 Å². The third kappa shape index (κ3) is 4.56. The molecule has 1 aromatic rings. The van der Waals surface area contributed by atoms with Gasteiger partial charge in [-0.3, -0.25) is 14.3 Å². The average Bonchev–Trinajstić information content (AvgIpc) is 2.62. The molecule has 0 unspecified atom stereocenters. The Morgan fingerprint density at radius 3 is 2.65 bits per heavy atom. The number of alkyl halides is 1. The van der Waals surface area contributed by atoms with Crippen LogP contribution in [-0.4, -0.2) is 33.0 Å². The highest BCUT2D eigenvalue weighted by Crippen LogP contribution is 2.08. The number of Topliss-reactive ketones (excluding diaryl/α,β-unsaturated/α-hetero) is 1. The van der Waals surface area contributed by atoms with E-state index in [1.807, 2.05) is 0 Å². The fourth-order valence-corrected chi connectivity index (χ4v) is 1.33. The summed E-state index contributed by atoms with van der Waals surface area (Å²) in [5.41, 5.74) is -0.137. The molecule has 0 amide bonds. The lowest BCUT2D eigenvalue weighted by molar-refractivity contribution is -0.155. The van der Waals surface area contributed by atoms with Crippen LogP contribution in [0.2, 0.25) is 0 Å². The topological polar surface area (TPSA) is 61.2 Å². The zero-order chi connectivity index (χ0) is 13.1. The van der Waals surface area contributed by atoms with Crippen LogP contribution in [0.1, 0.15) is 31.1 Å². The van der Waals surface area contributed by atoms with Gasteiger partial charge in [-0.05, 0) is 20.8 Å². The number of ether oxygens (including phenoxy) is 1. The molecule has 6 heteroatoms. The summed E-state index contributed by atoms with van der Waals surface area (Å²) in [6, 6.07) is 0. The van der Waals surface area contributed by atoms with Crippen molar-refractivity contribution < 1.29 is 14.3 Å². The molecule has 0 spiro atoms. The second-order valence-electron chi connectivity index (χ2n) is 4.57. The van der Waals surface area contributed by atoms with Crippen molar-refractivity contribution in [3.05, 3.63) is 18.0 Å². The van der Waals surface area contributed by atoms with Gasteiger partial charge in [-0.25, -0.2) is 0 Å². The van der Waals surface area contributed by atoms with Gasteiger partial charge in [0.15, 0.2) is 5.78 Å². The minimum Gasteiger partial charge on any atom is -0.459 e. The number of carbonyl (C=O) groups excluding carboxylic acids is 2. The van der Waals surface area contributed by atoms with Crippen molar-refractivity contribution in [1.29, 1.82) is 0 Å². The van der Waals surface area contributed by atoms with E-state index in [1.165, 1.54) is 17.1 Å². The highest BCUT2D eigenvalue weighted by molar-refractivity contribution is 6.30. The summed E-state index contributed by atoms with van der Waals surface area (Å²) in [6.07, 6.45) is 2.86. The molecule has 0 radical (unpaired) electrons. The molecular weight excluding hydrogens is 244 g/mol. The highest BCUT2D eigenvalue weighted by atomic mass is 35.5. The van der Waals surface area contributed by atoms with Crippen LogP contribution in [0.4, 0.5) is 0 Å². The van der Waals surface area contributed by atoms with Gasteiger partial charge in [0.2, 0.25) is 0 Å². The van der Waals surface area contributed by atoms with E-state index in [1.54, 1.807) is 20.8 Å². The number of rotatable bonds is 4. The van der Waals surface area contributed by atoms with Crippen molar-refractivity contribution in [2.75, 3.05) is 5.88 Å². The molecule has 5 nitrogen and oxygen atoms in total. The van der Waals surface area contributed by atoms with Crippen LogP contribution in [0.25, 0.3) is 0 Å². The second kappa shape index (κ2) is 5.31. The first kappa shape index (κ1) is 13.7. The number of hydrogen-bond acceptors (Lipinski definition) is 4. The Hall–Kier alpha value is -1.36. The van der Waals surface area contributed by atoms with E-state index in [-0.39, 0.29) is 18.2 Å². The molecule has 0 aromatic carbocycles. The number of esters is 1. The number of aromatic nitrogens is 2. The third-order valence-corrected chi connectivity index (χ3v) is 2.03. The Morgan fingerprint density at radius 2 is 2.12 bits per heavy atom. The standard InChI is InChI=1S/C11H15ClN2O3/c1-11(2,3)17-10(16)7-14-6-8(5-13-14)9(15)4-12/h5-6H,4,7H2,1-3H3. The van der Waals surface area contributed by atoms with Gasteiger partial charge in [-0.15, -0.1) is 11.6 Å². The Bertz CT molecular complexity index is 421. The smallest absolute Gasteiger partial charge is 0.328 e. The molecule has 1 rings (SSSR count). The maximum atomic E-state index is 11.5. The summed E-state index contributed by atoms with van der Waals surface area (Å²) in [7, 11) is 0. The van der Waals surface area contributed by atoms with E-state index >= 15 is 0 Å². The lowest BCUT2D eigenvalue weighted by atomic mass is 10.2. The summed E-state index contributed by atoms with van der Waals surface area (Å²) < 4.78 is 6.48. The maximum Gasteiger partial charge on any atom is 0.328 e. The van der Waals surface area contributed by atoms with Gasteiger partial charge in [-0.1, -0.05) is 0 Å². The Balaban J connectivity index is 2.61. The predicted octanol–water partition coefficient (Wildman–Crippen LogP) is 1.65. The van der Waals surface area contributed by atoms with Crippen molar-refractivity contribution in [1.82, 2.24) is 9.78 Å². The minimum atomic E-state index is -0.529. The SMILES string of the molecule is CC(C)(C)OC(=O)Cn1cc(C(=O)CCl)cn1. The first-order valence-corrected chi connectivity index (χ1v) is 5.69. The van der Waals surface area contributed by atoms with Gasteiger partial charge in [-0.2, -0.15) is 5.10 Å². The second-order valence-corrected chi connectivity index (χ2v) is 4.84. The molecule has 1 heterocycles. The van der Waals surface area contributed by atoms with Crippen LogP contribution in [0.5, 0.6) is 0 Å². The van der Waals surface area contributed by atoms with Gasteiger partial charge >= 0.3 is 5.97 Å². The van der Waals surface area contributed by atoms with Crippen LogP contribution in [0.15, 0.2) is 12.4 Å². The third-order valence-electron chi connectivity index (χ3n) is 1.79. The molecule has 0 aliphatic carbocycles. The number of nitrogens with zero attached hydrogens (tertiary/aromatic N) is 2. The van der Waals surface area contributed by atoms with Gasteiger partial charge in [0.25, 0.3) is 0 Å². The van der Waals surface area contributed by atoms with Crippen LogP contribution in [0, 0.1) is 0 Å². The van der Waals surface area contributed by atoms with Gasteiger partial charge in [0.1, 0.15) is 12.1 Å². The van der Waals surface area contributed by atoms with Gasteiger partial charge in [0.05, 0.1) is 17.6 Å². The molecule has 0 saturated carbocycles. The summed E-state index contributed by atoms with van der Waals surface area (Å²) in [5.74, 6) is -0.717. The van der Waals surface area contributed by atoms with E-state index in [0.29, 0.717) is 5.56 Å². The molecule has 0 aliphatic heterocycles. The number of halogens is 1. The van der Waals surface area contributed by atoms with Gasteiger partial charge in [0, 0.05) is 6.20 Å². The maximum absolute atomic E-state index is 11.5. The fraction of sp³-hybridized carbons (Fsp3) is 0.545. The summed E-state index contributed by atoms with van der Waals surface area (Å²) in [5, 5.41) is 3.89. The molecule has 0 bridgehead atoms. The van der Waals surface area contributed by atoms with E-state index in [0.717, 1.165) is 0 Å². The first-order chi connectivity index (χ1) is 7.81. The molecular formula is C11H15ClN2O3. The van der Waals surface area contributed by atoms with Crippen LogP contribution in [-0.2, 0) is 16.1 Å². The lowest BCUT2D eigenvalue weighted by Crippen LogP contribution is -2.26. The Kier molecular flexibility index (Phi) is 4.28. The minimum absolute atomic E-state index is 0.0210. The molecule has 0 saturated heterocycles. The van der Waals surface area contributed by atoms with E-state index in [4.69, 9.17) is 16.3 Å². The summed E-state index contributed by atoms with van der Waals surface area (Å²) in [6.45, 7) is 5.34. The summed E-state index contributed by atoms with van der Waals surface area (Å²) >= 11 is 5.41. The predicted molar refractivity (Wildman–Crippen MR) is 63.1 cm³/mol. The van der Waals surface area contributed by atoms with E-state index < -0.39 is 11.6 Å². The monoisotopic (exact) mass is 258 g/mol. The van der Waals surface area contributed by atoms with Crippen LogP contribution >= 0.6 is 11.6 Å². The summed E-state index contributed by atoms with van der Waals surface area (Å²) in [4.78, 5) is 22.7. The van der Waals surface area contributed by atoms with Crippen molar-refractivity contribution >= 4 is 23.4 Å². The number of carbonyl (C=O) groups is 2. The number of ketones is 1. The van der Waals surface area contributed by atoms with Crippen molar-refractivity contribution in [3.8, 4) is 0 Å². The zero-order valence-corrected chi connectivity index (χ0v) is 10.8. The largest absolute Gasteiger partial charge is 0.459 e. The van der Waals surface area contributed by atoms with E-state index in [9.17, 15) is 9.59 Å². The normalized spacial score (nSPS) is 11.3. The molecule has 94 valence electrons. The molecule has 0 N–H and O–H groups in total. The highest BCUT2D eigenvalue weighted by Gasteiger charge is 2.17. The van der Waals surface area contributed by atoms with Crippen LogP contribution in [0.3, 0.4) is 0 Å². The van der Waals surface area contributed by atoms with E-state index in [2.05, 4.69) is 5.10 Å².